The number of hydrogen-bond acceptors (Lipinski definition) is 0. The van der Waals surface area contributed by atoms with Gasteiger partial charge in [0.05, 0.1) is 0 Å². The molecule has 50 valence electrons. The standard InChI is InChI=1S/C7H9IS/c1-6-4-9-5-7(6)2-3-8(7)9/h2-4,6H,5H2,1H3/t6-,7?,9?/m1/s1. The molecular weight excluding hydrogens is 243 g/mol. The maximum atomic E-state index is 2.64. The number of allylic oxidation sites excluding steroid dienone is 1. The number of rotatable bonds is 0. The van der Waals surface area contributed by atoms with Crippen molar-refractivity contribution in [3.63, 3.8) is 0 Å². The zero-order valence-electron chi connectivity index (χ0n) is 5.30. The van der Waals surface area contributed by atoms with Gasteiger partial charge in [0.15, 0.2) is 0 Å². The average molecular weight is 252 g/mol. The van der Waals surface area contributed by atoms with E-state index >= 15 is 0 Å². The molecule has 2 bridgehead atoms. The van der Waals surface area contributed by atoms with Gasteiger partial charge in [-0.1, -0.05) is 0 Å². The second kappa shape index (κ2) is 1.33. The Hall–Kier alpha value is 0.690. The van der Waals surface area contributed by atoms with Gasteiger partial charge in [0, 0.05) is 0 Å². The van der Waals surface area contributed by atoms with E-state index < -0.39 is 18.4 Å². The van der Waals surface area contributed by atoms with E-state index in [0.717, 1.165) is 17.0 Å². The Balaban J connectivity index is 2.22. The van der Waals surface area contributed by atoms with Crippen LogP contribution in [0, 0.1) is 5.92 Å². The zero-order chi connectivity index (χ0) is 6.06. The molecule has 2 heteroatoms. The number of hydrogen-bond donors (Lipinski definition) is 0. The Kier molecular flexibility index (Phi) is 0.789. The van der Waals surface area contributed by atoms with Gasteiger partial charge in [0.2, 0.25) is 0 Å². The van der Waals surface area contributed by atoms with Crippen LogP contribution in [-0.2, 0) is 0 Å². The molecule has 0 nitrogen and oxygen atoms in total. The van der Waals surface area contributed by atoms with E-state index in [-0.39, 0.29) is 0 Å². The third kappa shape index (κ3) is 0.387. The summed E-state index contributed by atoms with van der Waals surface area (Å²) in [6, 6.07) is 0. The molecule has 0 aromatic carbocycles. The molecule has 9 heavy (non-hydrogen) atoms. The molecule has 1 saturated heterocycles. The van der Waals surface area contributed by atoms with Gasteiger partial charge in [-0.3, -0.25) is 0 Å². The van der Waals surface area contributed by atoms with Crippen molar-refractivity contribution in [3.05, 3.63) is 10.2 Å². The minimum absolute atomic E-state index is 0.407. The van der Waals surface area contributed by atoms with E-state index in [1.807, 2.05) is 0 Å². The Morgan fingerprint density at radius 1 is 1.78 bits per heavy atom. The predicted molar refractivity (Wildman–Crippen MR) is 53.6 cm³/mol. The van der Waals surface area contributed by atoms with E-state index in [2.05, 4.69) is 22.4 Å². The first-order chi connectivity index (χ1) is 4.33. The summed E-state index contributed by atoms with van der Waals surface area (Å²) in [6.45, 7) is 2.41. The number of halogens is 1. The van der Waals surface area contributed by atoms with Crippen LogP contribution in [0.15, 0.2) is 10.2 Å². The van der Waals surface area contributed by atoms with Gasteiger partial charge in [-0.2, -0.15) is 0 Å². The molecule has 1 fully saturated rings. The molecule has 4 rings (SSSR count). The van der Waals surface area contributed by atoms with Crippen molar-refractivity contribution in [2.75, 3.05) is 5.75 Å². The van der Waals surface area contributed by atoms with Crippen molar-refractivity contribution < 1.29 is 0 Å². The fraction of sp³-hybridized carbons (Fsp3) is 0.571. The molecular formula is C7H9IS. The topological polar surface area (TPSA) is 0 Å². The molecule has 3 atom stereocenters. The SMILES string of the molecule is C[C@@H]1C=S2CC13C=CI23. The van der Waals surface area contributed by atoms with Gasteiger partial charge in [-0.25, -0.2) is 0 Å². The summed E-state index contributed by atoms with van der Waals surface area (Å²) in [7, 11) is 0.888. The summed E-state index contributed by atoms with van der Waals surface area (Å²) < 4.78 is 3.43. The number of fused-ring (bicyclic) bond motifs is 1. The molecule has 4 heterocycles. The van der Waals surface area contributed by atoms with Gasteiger partial charge in [-0.15, -0.1) is 0 Å². The third-order valence-electron chi connectivity index (χ3n) is 2.48. The van der Waals surface area contributed by atoms with E-state index in [0.29, 0.717) is 0 Å². The van der Waals surface area contributed by atoms with Crippen molar-refractivity contribution >= 4 is 31.5 Å². The summed E-state index contributed by atoms with van der Waals surface area (Å²) in [5, 5.41) is 2.64. The normalized spacial score (nSPS) is 61.7. The van der Waals surface area contributed by atoms with Gasteiger partial charge < -0.3 is 0 Å². The Labute approximate surface area is 63.5 Å². The summed E-state index contributed by atoms with van der Waals surface area (Å²) in [4.78, 5) is 0. The van der Waals surface area contributed by atoms with Crippen LogP contribution in [-0.4, -0.2) is 14.5 Å². The first kappa shape index (κ1) is 5.35. The van der Waals surface area contributed by atoms with Crippen LogP contribution in [0.4, 0.5) is 0 Å². The maximum absolute atomic E-state index is 2.64. The fourth-order valence-electron chi connectivity index (χ4n) is 1.74. The van der Waals surface area contributed by atoms with Crippen LogP contribution in [0.2, 0.25) is 0 Å². The molecule has 0 N–H and O–H groups in total. The summed E-state index contributed by atoms with van der Waals surface area (Å²) in [5.74, 6) is 2.53. The molecule has 1 spiro atoms. The molecule has 0 aliphatic carbocycles. The summed E-state index contributed by atoms with van der Waals surface area (Å²) >= 11 is -0.407. The zero-order valence-corrected chi connectivity index (χ0v) is 8.28. The van der Waals surface area contributed by atoms with E-state index in [1.54, 1.807) is 5.75 Å². The van der Waals surface area contributed by atoms with Crippen molar-refractivity contribution in [1.82, 2.24) is 0 Å². The van der Waals surface area contributed by atoms with Crippen molar-refractivity contribution in [2.45, 2.75) is 10.3 Å². The van der Waals surface area contributed by atoms with Crippen molar-refractivity contribution in [3.8, 4) is 0 Å². The van der Waals surface area contributed by atoms with E-state index in [1.165, 1.54) is 0 Å². The molecule has 0 aromatic rings. The third-order valence-corrected chi connectivity index (χ3v) is 17.7. The predicted octanol–water partition coefficient (Wildman–Crippen LogP) is 2.41. The molecule has 4 aliphatic rings. The van der Waals surface area contributed by atoms with Crippen LogP contribution < -0.4 is 0 Å². The Bertz CT molecular complexity index is 243. The molecule has 0 amide bonds. The molecule has 0 aromatic heterocycles. The monoisotopic (exact) mass is 252 g/mol. The van der Waals surface area contributed by atoms with Crippen LogP contribution in [0.1, 0.15) is 6.92 Å². The van der Waals surface area contributed by atoms with E-state index in [4.69, 9.17) is 0 Å². The second-order valence-electron chi connectivity index (χ2n) is 2.93. The van der Waals surface area contributed by atoms with Crippen molar-refractivity contribution in [1.29, 1.82) is 0 Å². The second-order valence-corrected chi connectivity index (χ2v) is 14.1. The summed E-state index contributed by atoms with van der Waals surface area (Å²) in [6.07, 6.45) is 2.51. The summed E-state index contributed by atoms with van der Waals surface area (Å²) in [5.41, 5.74) is 0. The molecule has 2 unspecified atom stereocenters. The molecule has 0 radical (unpaired) electrons. The van der Waals surface area contributed by atoms with Crippen LogP contribution in [0.25, 0.3) is 0 Å². The van der Waals surface area contributed by atoms with Gasteiger partial charge in [-0.05, 0) is 0 Å². The first-order valence-corrected chi connectivity index (χ1v) is 9.58. The Morgan fingerprint density at radius 3 is 2.89 bits per heavy atom. The fourth-order valence-corrected chi connectivity index (χ4v) is 18.2. The molecule has 0 saturated carbocycles. The average Bonchev–Trinajstić information content (AvgIpc) is 2.15. The van der Waals surface area contributed by atoms with Crippen LogP contribution in [0.5, 0.6) is 0 Å². The Morgan fingerprint density at radius 2 is 2.67 bits per heavy atom. The number of alkyl halides is 1. The van der Waals surface area contributed by atoms with Gasteiger partial charge in [0.25, 0.3) is 0 Å². The van der Waals surface area contributed by atoms with Crippen LogP contribution in [0.3, 0.4) is 0 Å². The van der Waals surface area contributed by atoms with E-state index in [9.17, 15) is 0 Å². The van der Waals surface area contributed by atoms with Crippen molar-refractivity contribution in [2.24, 2.45) is 5.92 Å². The minimum atomic E-state index is -0.407. The first-order valence-electron chi connectivity index (χ1n) is 3.26. The van der Waals surface area contributed by atoms with Gasteiger partial charge in [0.1, 0.15) is 0 Å². The molecule has 4 aliphatic heterocycles. The quantitative estimate of drug-likeness (QED) is 0.353. The van der Waals surface area contributed by atoms with Crippen LogP contribution >= 0.6 is 26.1 Å². The van der Waals surface area contributed by atoms with Gasteiger partial charge >= 0.3 is 63.6 Å².